The summed E-state index contributed by atoms with van der Waals surface area (Å²) < 4.78 is 70.6. The lowest BCUT2D eigenvalue weighted by molar-refractivity contribution is -0.135. The predicted molar refractivity (Wildman–Crippen MR) is 107 cm³/mol. The van der Waals surface area contributed by atoms with Gasteiger partial charge in [0.2, 0.25) is 11.8 Å². The van der Waals surface area contributed by atoms with Crippen LogP contribution < -0.4 is 10.6 Å². The van der Waals surface area contributed by atoms with Crippen LogP contribution in [0.2, 0.25) is 0 Å². The van der Waals surface area contributed by atoms with Gasteiger partial charge in [-0.15, -0.1) is 0 Å². The molecule has 150 valence electrons. The first-order valence-corrected chi connectivity index (χ1v) is 10.1. The number of carbonyl (C=O) groups is 2. The van der Waals surface area contributed by atoms with E-state index >= 15 is 0 Å². The van der Waals surface area contributed by atoms with Crippen molar-refractivity contribution in [1.29, 1.82) is 0 Å². The molecule has 1 aliphatic heterocycles. The number of hydrogen-bond donors (Lipinski definition) is 2. The Hall–Kier alpha value is -1.32. The summed E-state index contributed by atoms with van der Waals surface area (Å²) in [6.07, 6.45) is 8.05. The van der Waals surface area contributed by atoms with Crippen molar-refractivity contribution >= 4 is 11.8 Å². The largest absolute Gasteiger partial charge is 0.351 e. The van der Waals surface area contributed by atoms with Crippen LogP contribution in [0, 0.1) is 34.5 Å². The first-order valence-electron chi connectivity index (χ1n) is 14.6. The van der Waals surface area contributed by atoms with Crippen molar-refractivity contribution in [3.05, 3.63) is 12.2 Å². The van der Waals surface area contributed by atoms with Crippen LogP contribution in [0.15, 0.2) is 12.2 Å². The Balaban J connectivity index is 1.63. The van der Waals surface area contributed by atoms with Gasteiger partial charge in [0, 0.05) is 35.3 Å². The van der Waals surface area contributed by atoms with E-state index in [9.17, 15) is 9.59 Å². The zero-order valence-electron chi connectivity index (χ0n) is 25.1. The number of rotatable bonds is 1. The second-order valence-electron chi connectivity index (χ2n) is 9.63. The highest BCUT2D eigenvalue weighted by Gasteiger charge is 2.60. The molecule has 3 fully saturated rings. The molecule has 4 heteroatoms. The quantitative estimate of drug-likeness (QED) is 0.725. The topological polar surface area (TPSA) is 58.2 Å². The van der Waals surface area contributed by atoms with Crippen LogP contribution >= 0.6 is 0 Å². The number of amides is 2. The van der Waals surface area contributed by atoms with Gasteiger partial charge < -0.3 is 10.6 Å². The minimum absolute atomic E-state index is 0.0691. The number of nitrogens with one attached hydrogen (secondary N) is 2. The van der Waals surface area contributed by atoms with Gasteiger partial charge in [-0.3, -0.25) is 9.59 Å². The summed E-state index contributed by atoms with van der Waals surface area (Å²) in [7, 11) is 0. The van der Waals surface area contributed by atoms with E-state index in [0.717, 1.165) is 25.7 Å². The van der Waals surface area contributed by atoms with Gasteiger partial charge in [-0.25, -0.2) is 0 Å². The summed E-state index contributed by atoms with van der Waals surface area (Å²) in [5.74, 6) is -0.762. The van der Waals surface area contributed by atoms with Crippen LogP contribution in [0.4, 0.5) is 0 Å². The molecule has 3 aliphatic carbocycles. The van der Waals surface area contributed by atoms with Gasteiger partial charge in [-0.1, -0.05) is 19.9 Å². The molecule has 2 amide bonds. The fraction of sp³-hybridized carbons (Fsp3) is 0.826. The highest BCUT2D eigenvalue weighted by Crippen LogP contribution is 2.65. The molecule has 2 N–H and O–H groups in total. The predicted octanol–water partition coefficient (Wildman–Crippen LogP) is 3.81. The van der Waals surface area contributed by atoms with E-state index in [1.807, 2.05) is 13.0 Å². The minimum Gasteiger partial charge on any atom is -0.351 e. The molecule has 4 aliphatic rings. The van der Waals surface area contributed by atoms with Crippen LogP contribution in [0.1, 0.15) is 85.3 Å². The Labute approximate surface area is 176 Å². The molecule has 0 aromatic rings. The lowest BCUT2D eigenvalue weighted by Crippen LogP contribution is -2.59. The van der Waals surface area contributed by atoms with Gasteiger partial charge >= 0.3 is 0 Å². The van der Waals surface area contributed by atoms with Crippen LogP contribution in [-0.2, 0) is 9.59 Å². The van der Waals surface area contributed by atoms with E-state index in [-0.39, 0.29) is 23.3 Å². The lowest BCUT2D eigenvalue weighted by Gasteiger charge is -2.58. The minimum atomic E-state index is -3.47. The molecule has 0 spiro atoms. The molecule has 0 saturated heterocycles. The van der Waals surface area contributed by atoms with E-state index in [1.165, 1.54) is 0 Å². The van der Waals surface area contributed by atoms with E-state index in [2.05, 4.69) is 17.6 Å². The fourth-order valence-electron chi connectivity index (χ4n) is 7.04. The maximum Gasteiger partial charge on any atom is 0.243 e. The van der Waals surface area contributed by atoms with Crippen molar-refractivity contribution in [2.45, 2.75) is 84.5 Å². The Kier molecular flexibility index (Phi) is 2.48. The van der Waals surface area contributed by atoms with E-state index in [1.54, 1.807) is 6.08 Å². The third-order valence-corrected chi connectivity index (χ3v) is 8.31. The van der Waals surface area contributed by atoms with Gasteiger partial charge in [-0.05, 0) is 88.3 Å². The molecule has 0 radical (unpaired) electrons. The molecule has 1 heterocycles. The van der Waals surface area contributed by atoms with Crippen molar-refractivity contribution in [1.82, 2.24) is 10.6 Å². The molecule has 0 unspecified atom stereocenters. The van der Waals surface area contributed by atoms with Crippen molar-refractivity contribution in [2.75, 3.05) is 0 Å². The van der Waals surface area contributed by atoms with Gasteiger partial charge in [-0.2, -0.15) is 0 Å². The van der Waals surface area contributed by atoms with Crippen LogP contribution in [-0.4, -0.2) is 23.4 Å². The smallest absolute Gasteiger partial charge is 0.243 e. The van der Waals surface area contributed by atoms with E-state index in [4.69, 9.17) is 12.3 Å². The van der Waals surface area contributed by atoms with Crippen LogP contribution in [0.25, 0.3) is 0 Å². The number of hydrogen-bond acceptors (Lipinski definition) is 2. The maximum atomic E-state index is 13.6. The molecule has 0 aromatic heterocycles. The molecule has 27 heavy (non-hydrogen) atoms. The zero-order valence-corrected chi connectivity index (χ0v) is 16.1. The number of carbonyl (C=O) groups excluding carboxylic acids is 2. The summed E-state index contributed by atoms with van der Waals surface area (Å²) in [5, 5.41) is 5.20. The van der Waals surface area contributed by atoms with Crippen molar-refractivity contribution in [2.24, 2.45) is 34.5 Å². The Bertz CT molecular complexity index is 921. The molecule has 0 aromatic carbocycles. The van der Waals surface area contributed by atoms with Crippen molar-refractivity contribution in [3.63, 3.8) is 0 Å². The van der Waals surface area contributed by atoms with Gasteiger partial charge in [0.25, 0.3) is 0 Å². The molecule has 0 bridgehead atoms. The molecule has 4 nitrogen and oxygen atoms in total. The summed E-state index contributed by atoms with van der Waals surface area (Å²) in [6.45, 7) is -6.22. The standard InChI is InChI=1S/C23H36N2O2/c1-21(2,3)25-20(27)17-8-7-15-14-6-9-18-23(5,13-11-19(26)24-18)16(14)10-12-22(15,17)4/h11,13-18H,6-10,12H2,1-5H3,(H,24,26)(H,25,27)/t14-,15-,16-,17+,18-,22-,23+/m0/s1/i1D3,2D3,3D3. The maximum absolute atomic E-state index is 13.6. The highest BCUT2D eigenvalue weighted by molar-refractivity contribution is 5.89. The summed E-state index contributed by atoms with van der Waals surface area (Å²) in [6, 6.07) is 0.0691. The van der Waals surface area contributed by atoms with Crippen molar-refractivity contribution < 1.29 is 21.9 Å². The average Bonchev–Trinajstić information content (AvgIpc) is 3.07. The second kappa shape index (κ2) is 6.09. The first kappa shape index (κ1) is 11.0. The summed E-state index contributed by atoms with van der Waals surface area (Å²) in [5.41, 5.74) is -4.04. The average molecular weight is 382 g/mol. The second-order valence-corrected chi connectivity index (χ2v) is 9.63. The summed E-state index contributed by atoms with van der Waals surface area (Å²) >= 11 is 0. The fourth-order valence-corrected chi connectivity index (χ4v) is 7.04. The Morgan fingerprint density at radius 1 is 1.19 bits per heavy atom. The molecule has 7 atom stereocenters. The molecular formula is C23H36N2O2. The van der Waals surface area contributed by atoms with Gasteiger partial charge in [0.05, 0.1) is 0 Å². The third kappa shape index (κ3) is 2.94. The summed E-state index contributed by atoms with van der Waals surface area (Å²) in [4.78, 5) is 25.6. The Morgan fingerprint density at radius 2 is 1.96 bits per heavy atom. The zero-order chi connectivity index (χ0) is 27.1. The third-order valence-electron chi connectivity index (χ3n) is 8.31. The van der Waals surface area contributed by atoms with Crippen LogP contribution in [0.5, 0.6) is 0 Å². The van der Waals surface area contributed by atoms with E-state index < -0.39 is 43.3 Å². The van der Waals surface area contributed by atoms with Crippen LogP contribution in [0.3, 0.4) is 0 Å². The van der Waals surface area contributed by atoms with Gasteiger partial charge in [0.15, 0.2) is 0 Å². The van der Waals surface area contributed by atoms with Crippen molar-refractivity contribution in [3.8, 4) is 0 Å². The van der Waals surface area contributed by atoms with E-state index in [0.29, 0.717) is 24.7 Å². The normalized spacial score (nSPS) is 52.4. The Morgan fingerprint density at radius 3 is 2.70 bits per heavy atom. The molecular weight excluding hydrogens is 336 g/mol. The lowest BCUT2D eigenvalue weighted by atomic mass is 9.48. The van der Waals surface area contributed by atoms with Gasteiger partial charge in [0.1, 0.15) is 0 Å². The SMILES string of the molecule is [2H]C([2H])([2H])C(NC(=O)[C@H]1CC[C@H]2[C@@H]3CC[C@@H]4NC(=O)C=C[C@]4(C)[C@H]3CC[C@]12C)(C([2H])([2H])[2H])C([2H])([2H])[2H]. The monoisotopic (exact) mass is 381 g/mol. The highest BCUT2D eigenvalue weighted by atomic mass is 16.2. The number of fused-ring (bicyclic) bond motifs is 5. The first-order chi connectivity index (χ1) is 16.3. The molecule has 3 saturated carbocycles. The molecule has 4 rings (SSSR count).